The molecule has 17 heavy (non-hydrogen) atoms. The van der Waals surface area contributed by atoms with Crippen LogP contribution in [0.3, 0.4) is 0 Å². The molecule has 0 spiro atoms. The van der Waals surface area contributed by atoms with E-state index in [1.165, 1.54) is 19.2 Å². The second-order valence-corrected chi connectivity index (χ2v) is 3.81. The summed E-state index contributed by atoms with van der Waals surface area (Å²) in [5.41, 5.74) is 0.695. The van der Waals surface area contributed by atoms with E-state index in [9.17, 15) is 13.6 Å². The number of esters is 1. The van der Waals surface area contributed by atoms with Gasteiger partial charge in [0, 0.05) is 6.54 Å². The average Bonchev–Trinajstić information content (AvgIpc) is 2.30. The molecule has 0 bridgehead atoms. The molecule has 5 heteroatoms. The molecular weight excluding hydrogens is 228 g/mol. The van der Waals surface area contributed by atoms with Crippen molar-refractivity contribution in [2.24, 2.45) is 0 Å². The summed E-state index contributed by atoms with van der Waals surface area (Å²) in [6.07, 6.45) is 0.546. The van der Waals surface area contributed by atoms with E-state index in [1.54, 1.807) is 11.9 Å². The normalized spacial score (nSPS) is 10.6. The zero-order valence-electron chi connectivity index (χ0n) is 9.87. The van der Waals surface area contributed by atoms with Gasteiger partial charge in [0.2, 0.25) is 0 Å². The van der Waals surface area contributed by atoms with Crippen LogP contribution in [-0.2, 0) is 16.0 Å². The van der Waals surface area contributed by atoms with Crippen molar-refractivity contribution >= 4 is 5.97 Å². The van der Waals surface area contributed by atoms with Gasteiger partial charge in [0.1, 0.15) is 0 Å². The van der Waals surface area contributed by atoms with E-state index in [0.29, 0.717) is 18.5 Å². The number of carbonyl (C=O) groups is 1. The largest absolute Gasteiger partial charge is 0.468 e. The van der Waals surface area contributed by atoms with E-state index in [-0.39, 0.29) is 12.5 Å². The standard InChI is InChI=1S/C12H15F2NO2/c1-15(8-12(16)17-2)6-5-9-3-4-10(13)11(14)7-9/h3-4,7H,5-6,8H2,1-2H3. The Morgan fingerprint density at radius 2 is 2.06 bits per heavy atom. The van der Waals surface area contributed by atoms with Crippen LogP contribution >= 0.6 is 0 Å². The molecule has 0 fully saturated rings. The Morgan fingerprint density at radius 1 is 1.35 bits per heavy atom. The quantitative estimate of drug-likeness (QED) is 0.736. The predicted octanol–water partition coefficient (Wildman–Crippen LogP) is 1.61. The van der Waals surface area contributed by atoms with Gasteiger partial charge in [-0.15, -0.1) is 0 Å². The summed E-state index contributed by atoms with van der Waals surface area (Å²) < 4.78 is 30.1. The number of benzene rings is 1. The summed E-state index contributed by atoms with van der Waals surface area (Å²) in [4.78, 5) is 12.7. The van der Waals surface area contributed by atoms with Gasteiger partial charge in [0.15, 0.2) is 11.6 Å². The molecule has 0 amide bonds. The summed E-state index contributed by atoms with van der Waals surface area (Å²) in [5.74, 6) is -2.02. The number of likely N-dealkylation sites (N-methyl/N-ethyl adjacent to an activating group) is 1. The van der Waals surface area contributed by atoms with E-state index in [1.807, 2.05) is 0 Å². The molecule has 1 aromatic rings. The Hall–Kier alpha value is -1.49. The van der Waals surface area contributed by atoms with Crippen LogP contribution in [-0.4, -0.2) is 38.1 Å². The molecule has 3 nitrogen and oxygen atoms in total. The number of methoxy groups -OCH3 is 1. The number of carbonyl (C=O) groups excluding carboxylic acids is 1. The van der Waals surface area contributed by atoms with Crippen LogP contribution in [0.25, 0.3) is 0 Å². The SMILES string of the molecule is COC(=O)CN(C)CCc1ccc(F)c(F)c1. The van der Waals surface area contributed by atoms with Crippen LogP contribution in [0.15, 0.2) is 18.2 Å². The number of ether oxygens (including phenoxy) is 1. The molecule has 1 aromatic carbocycles. The molecule has 0 heterocycles. The highest BCUT2D eigenvalue weighted by Gasteiger charge is 2.07. The van der Waals surface area contributed by atoms with Gasteiger partial charge >= 0.3 is 5.97 Å². The summed E-state index contributed by atoms with van der Waals surface area (Å²) >= 11 is 0. The zero-order valence-corrected chi connectivity index (χ0v) is 9.87. The molecule has 1 rings (SSSR count). The Kier molecular flexibility index (Phi) is 5.03. The third-order valence-electron chi connectivity index (χ3n) is 2.39. The molecule has 0 atom stereocenters. The van der Waals surface area contributed by atoms with Crippen molar-refractivity contribution < 1.29 is 18.3 Å². The minimum atomic E-state index is -0.850. The highest BCUT2D eigenvalue weighted by atomic mass is 19.2. The van der Waals surface area contributed by atoms with Crippen LogP contribution in [0.5, 0.6) is 0 Å². The van der Waals surface area contributed by atoms with Gasteiger partial charge in [-0.1, -0.05) is 6.07 Å². The Bertz CT molecular complexity index is 396. The summed E-state index contributed by atoms with van der Waals surface area (Å²) in [6, 6.07) is 3.80. The topological polar surface area (TPSA) is 29.5 Å². The van der Waals surface area contributed by atoms with E-state index < -0.39 is 11.6 Å². The van der Waals surface area contributed by atoms with E-state index >= 15 is 0 Å². The lowest BCUT2D eigenvalue weighted by molar-refractivity contribution is -0.141. The van der Waals surface area contributed by atoms with Crippen molar-refractivity contribution in [1.29, 1.82) is 0 Å². The van der Waals surface area contributed by atoms with Crippen molar-refractivity contribution in [3.05, 3.63) is 35.4 Å². The average molecular weight is 243 g/mol. The third-order valence-corrected chi connectivity index (χ3v) is 2.39. The number of rotatable bonds is 5. The third kappa shape index (κ3) is 4.48. The molecule has 0 saturated carbocycles. The summed E-state index contributed by atoms with van der Waals surface area (Å²) in [6.45, 7) is 0.750. The first-order valence-corrected chi connectivity index (χ1v) is 5.22. The maximum absolute atomic E-state index is 12.9. The summed E-state index contributed by atoms with van der Waals surface area (Å²) in [5, 5.41) is 0. The fourth-order valence-corrected chi connectivity index (χ4v) is 1.38. The molecule has 0 aromatic heterocycles. The smallest absolute Gasteiger partial charge is 0.319 e. The molecule has 0 aliphatic carbocycles. The maximum Gasteiger partial charge on any atom is 0.319 e. The molecule has 94 valence electrons. The minimum absolute atomic E-state index is 0.181. The minimum Gasteiger partial charge on any atom is -0.468 e. The zero-order chi connectivity index (χ0) is 12.8. The number of hydrogen-bond donors (Lipinski definition) is 0. The fraction of sp³-hybridized carbons (Fsp3) is 0.417. The van der Waals surface area contributed by atoms with Gasteiger partial charge in [0.25, 0.3) is 0 Å². The van der Waals surface area contributed by atoms with Crippen molar-refractivity contribution in [1.82, 2.24) is 4.90 Å². The first-order chi connectivity index (χ1) is 8.02. The molecule has 0 unspecified atom stereocenters. The van der Waals surface area contributed by atoms with Crippen LogP contribution in [0, 0.1) is 11.6 Å². The highest BCUT2D eigenvalue weighted by molar-refractivity contribution is 5.71. The van der Waals surface area contributed by atoms with Gasteiger partial charge < -0.3 is 4.74 Å². The molecule has 0 aliphatic heterocycles. The van der Waals surface area contributed by atoms with E-state index in [4.69, 9.17) is 0 Å². The fourth-order valence-electron chi connectivity index (χ4n) is 1.38. The van der Waals surface area contributed by atoms with Gasteiger partial charge in [-0.3, -0.25) is 9.69 Å². The monoisotopic (exact) mass is 243 g/mol. The van der Waals surface area contributed by atoms with Crippen LogP contribution in [0.1, 0.15) is 5.56 Å². The predicted molar refractivity (Wildman–Crippen MR) is 59.6 cm³/mol. The van der Waals surface area contributed by atoms with Gasteiger partial charge in [0.05, 0.1) is 13.7 Å². The molecule has 0 saturated heterocycles. The summed E-state index contributed by atoms with van der Waals surface area (Å²) in [7, 11) is 3.09. The first-order valence-electron chi connectivity index (χ1n) is 5.22. The van der Waals surface area contributed by atoms with Crippen LogP contribution in [0.4, 0.5) is 8.78 Å². The second kappa shape index (κ2) is 6.30. The molecular formula is C12H15F2NO2. The van der Waals surface area contributed by atoms with Crippen LogP contribution in [0.2, 0.25) is 0 Å². The second-order valence-electron chi connectivity index (χ2n) is 3.81. The van der Waals surface area contributed by atoms with E-state index in [0.717, 1.165) is 6.07 Å². The van der Waals surface area contributed by atoms with Gasteiger partial charge in [-0.25, -0.2) is 8.78 Å². The number of hydrogen-bond acceptors (Lipinski definition) is 3. The Morgan fingerprint density at radius 3 is 2.65 bits per heavy atom. The number of halogens is 2. The van der Waals surface area contributed by atoms with Crippen molar-refractivity contribution in [2.45, 2.75) is 6.42 Å². The lowest BCUT2D eigenvalue weighted by atomic mass is 10.1. The van der Waals surface area contributed by atoms with Gasteiger partial charge in [-0.05, 0) is 31.2 Å². The molecule has 0 N–H and O–H groups in total. The van der Waals surface area contributed by atoms with E-state index in [2.05, 4.69) is 4.74 Å². The lowest BCUT2D eigenvalue weighted by Gasteiger charge is -2.14. The molecule has 0 aliphatic rings. The Labute approximate surface area is 99.0 Å². The maximum atomic E-state index is 12.9. The van der Waals surface area contributed by atoms with Crippen LogP contribution < -0.4 is 0 Å². The van der Waals surface area contributed by atoms with Crippen molar-refractivity contribution in [3.63, 3.8) is 0 Å². The Balaban J connectivity index is 2.44. The van der Waals surface area contributed by atoms with Gasteiger partial charge in [-0.2, -0.15) is 0 Å². The molecule has 0 radical (unpaired) electrons. The van der Waals surface area contributed by atoms with Crippen molar-refractivity contribution in [2.75, 3.05) is 27.2 Å². The highest BCUT2D eigenvalue weighted by Crippen LogP contribution is 2.09. The first kappa shape index (κ1) is 13.6. The van der Waals surface area contributed by atoms with Crippen molar-refractivity contribution in [3.8, 4) is 0 Å². The lowest BCUT2D eigenvalue weighted by Crippen LogP contribution is -2.28. The number of nitrogens with zero attached hydrogens (tertiary/aromatic N) is 1.